The molecular formula is C19H18F4N4O. The summed E-state index contributed by atoms with van der Waals surface area (Å²) >= 11 is 0. The summed E-state index contributed by atoms with van der Waals surface area (Å²) in [5.41, 5.74) is -0.535. The highest BCUT2D eigenvalue weighted by Gasteiger charge is 2.44. The molecule has 148 valence electrons. The number of hydrogen-bond donors (Lipinski definition) is 2. The lowest BCUT2D eigenvalue weighted by Crippen LogP contribution is -2.34. The molecule has 1 aromatic carbocycles. The van der Waals surface area contributed by atoms with Crippen molar-refractivity contribution in [1.82, 2.24) is 10.3 Å². The maximum absolute atomic E-state index is 15.1. The van der Waals surface area contributed by atoms with Gasteiger partial charge in [0, 0.05) is 18.8 Å². The molecular weight excluding hydrogens is 376 g/mol. The van der Waals surface area contributed by atoms with Gasteiger partial charge in [0.1, 0.15) is 23.7 Å². The van der Waals surface area contributed by atoms with Gasteiger partial charge in [-0.3, -0.25) is 9.78 Å². The minimum Gasteiger partial charge on any atom is -0.374 e. The Morgan fingerprint density at radius 3 is 2.64 bits per heavy atom. The van der Waals surface area contributed by atoms with Crippen LogP contribution in [0.4, 0.5) is 17.6 Å². The molecule has 28 heavy (non-hydrogen) atoms. The molecule has 1 atom stereocenters. The number of aromatic nitrogens is 1. The zero-order valence-electron chi connectivity index (χ0n) is 14.9. The molecule has 5 nitrogen and oxygen atoms in total. The Hall–Kier alpha value is -3.23. The number of carbonyl (C=O) groups excluding carboxylic acids is 1. The van der Waals surface area contributed by atoms with Gasteiger partial charge in [-0.25, -0.2) is 8.78 Å². The van der Waals surface area contributed by atoms with E-state index in [9.17, 15) is 13.6 Å². The lowest BCUT2D eigenvalue weighted by Gasteiger charge is -2.27. The van der Waals surface area contributed by atoms with Gasteiger partial charge in [-0.2, -0.15) is 13.9 Å². The van der Waals surface area contributed by atoms with Gasteiger partial charge in [0.05, 0.1) is 5.92 Å². The van der Waals surface area contributed by atoms with Gasteiger partial charge in [0.2, 0.25) is 0 Å². The highest BCUT2D eigenvalue weighted by atomic mass is 19.3. The third kappa shape index (κ3) is 5.15. The van der Waals surface area contributed by atoms with Gasteiger partial charge < -0.3 is 11.2 Å². The number of rotatable bonds is 8. The molecule has 2 rings (SSSR count). The van der Waals surface area contributed by atoms with Gasteiger partial charge in [0.25, 0.3) is 5.92 Å². The van der Waals surface area contributed by atoms with Crippen LogP contribution in [0.15, 0.2) is 47.7 Å². The maximum atomic E-state index is 15.1. The molecule has 0 aliphatic rings. The molecule has 0 bridgehead atoms. The van der Waals surface area contributed by atoms with Crippen molar-refractivity contribution in [2.75, 3.05) is 6.54 Å². The van der Waals surface area contributed by atoms with Crippen molar-refractivity contribution in [3.05, 3.63) is 71.1 Å². The number of hydrazone groups is 1. The second kappa shape index (κ2) is 9.12. The van der Waals surface area contributed by atoms with E-state index in [-0.39, 0.29) is 11.3 Å². The normalized spacial score (nSPS) is 13.2. The van der Waals surface area contributed by atoms with Crippen molar-refractivity contribution in [2.24, 2.45) is 10.9 Å². The summed E-state index contributed by atoms with van der Waals surface area (Å²) in [5, 5.41) is 5.62. The highest BCUT2D eigenvalue weighted by molar-refractivity contribution is 5.91. The lowest BCUT2D eigenvalue weighted by atomic mass is 9.89. The van der Waals surface area contributed by atoms with Gasteiger partial charge in [-0.05, 0) is 42.3 Å². The molecule has 0 spiro atoms. The molecule has 0 amide bonds. The summed E-state index contributed by atoms with van der Waals surface area (Å²) < 4.78 is 57.7. The lowest BCUT2D eigenvalue weighted by molar-refractivity contribution is -0.112. The Morgan fingerprint density at radius 1 is 1.32 bits per heavy atom. The Morgan fingerprint density at radius 2 is 2.07 bits per heavy atom. The number of carbonyl (C=O) groups is 1. The molecule has 2 aromatic rings. The van der Waals surface area contributed by atoms with Crippen LogP contribution >= 0.6 is 0 Å². The van der Waals surface area contributed by atoms with Gasteiger partial charge in [0.15, 0.2) is 5.78 Å². The van der Waals surface area contributed by atoms with E-state index < -0.39 is 35.7 Å². The monoisotopic (exact) mass is 394 g/mol. The van der Waals surface area contributed by atoms with Crippen molar-refractivity contribution in [1.29, 1.82) is 0 Å². The number of nitrogens with one attached hydrogen (secondary N) is 1. The van der Waals surface area contributed by atoms with Crippen molar-refractivity contribution >= 4 is 18.2 Å². The Bertz CT molecular complexity index is 882. The first-order valence-corrected chi connectivity index (χ1v) is 8.18. The van der Waals surface area contributed by atoms with Gasteiger partial charge in [-0.1, -0.05) is 12.1 Å². The fourth-order valence-electron chi connectivity index (χ4n) is 2.53. The second-order valence-corrected chi connectivity index (χ2v) is 5.95. The van der Waals surface area contributed by atoms with E-state index in [2.05, 4.69) is 15.4 Å². The first-order chi connectivity index (χ1) is 13.3. The number of hydrogen-bond acceptors (Lipinski definition) is 4. The number of nitrogens with two attached hydrogens (primary N) is 1. The molecule has 9 heteroatoms. The summed E-state index contributed by atoms with van der Waals surface area (Å²) in [7, 11) is 0. The number of alkyl halides is 2. The van der Waals surface area contributed by atoms with Crippen molar-refractivity contribution < 1.29 is 22.4 Å². The predicted octanol–water partition coefficient (Wildman–Crippen LogP) is 3.33. The Labute approximate surface area is 159 Å². The standard InChI is InChI=1S/C19H18F4N4O/c1-12(28)2-3-13-4-7-18(26-9-13)19(22,23)16(10-25-11-27-24)15-6-5-14(20)8-17(15)21/h2-9,11,16H,10,24H2,1H3,(H,25,27)/b3-2+. The van der Waals surface area contributed by atoms with E-state index in [0.29, 0.717) is 11.6 Å². The molecule has 1 aromatic heterocycles. The highest BCUT2D eigenvalue weighted by Crippen LogP contribution is 2.42. The minimum absolute atomic E-state index is 0.200. The molecule has 0 saturated carbocycles. The van der Waals surface area contributed by atoms with Crippen LogP contribution in [0.2, 0.25) is 0 Å². The Balaban J connectivity index is 2.40. The zero-order chi connectivity index (χ0) is 20.7. The van der Waals surface area contributed by atoms with Crippen molar-refractivity contribution in [3.8, 4) is 0 Å². The molecule has 0 aliphatic carbocycles. The van der Waals surface area contributed by atoms with E-state index in [1.165, 1.54) is 31.3 Å². The summed E-state index contributed by atoms with van der Waals surface area (Å²) in [5.74, 6) is -2.54. The van der Waals surface area contributed by atoms with Crippen LogP contribution in [-0.2, 0) is 10.7 Å². The van der Waals surface area contributed by atoms with Crippen LogP contribution in [0.3, 0.4) is 0 Å². The van der Waals surface area contributed by atoms with Crippen LogP contribution in [0.5, 0.6) is 0 Å². The number of halogens is 4. The largest absolute Gasteiger partial charge is 0.374 e. The third-order valence-corrected chi connectivity index (χ3v) is 3.90. The predicted molar refractivity (Wildman–Crippen MR) is 97.6 cm³/mol. The summed E-state index contributed by atoms with van der Waals surface area (Å²) in [6, 6.07) is 4.86. The first-order valence-electron chi connectivity index (χ1n) is 8.18. The fourth-order valence-corrected chi connectivity index (χ4v) is 2.53. The molecule has 3 N–H and O–H groups in total. The number of ketones is 1. The van der Waals surface area contributed by atoms with Crippen LogP contribution in [0.25, 0.3) is 6.08 Å². The Kier molecular flexibility index (Phi) is 6.86. The smallest absolute Gasteiger partial charge is 0.298 e. The number of pyridine rings is 1. The van der Waals surface area contributed by atoms with E-state index in [1.54, 1.807) is 0 Å². The van der Waals surface area contributed by atoms with Crippen LogP contribution in [0, 0.1) is 11.6 Å². The molecule has 0 saturated heterocycles. The van der Waals surface area contributed by atoms with E-state index >= 15 is 8.78 Å². The topological polar surface area (TPSA) is 80.4 Å². The van der Waals surface area contributed by atoms with Crippen molar-refractivity contribution in [3.63, 3.8) is 0 Å². The first kappa shape index (κ1) is 21.1. The third-order valence-electron chi connectivity index (χ3n) is 3.90. The van der Waals surface area contributed by atoms with E-state index in [0.717, 1.165) is 24.5 Å². The maximum Gasteiger partial charge on any atom is 0.298 e. The van der Waals surface area contributed by atoms with Crippen molar-refractivity contribution in [2.45, 2.75) is 18.8 Å². The average Bonchev–Trinajstić information content (AvgIpc) is 2.64. The number of allylic oxidation sites excluding steroid dienone is 1. The summed E-state index contributed by atoms with van der Waals surface area (Å²) in [4.78, 5) is 14.7. The number of nitrogens with zero attached hydrogens (tertiary/aromatic N) is 2. The van der Waals surface area contributed by atoms with Gasteiger partial charge in [-0.15, -0.1) is 0 Å². The molecule has 0 aliphatic heterocycles. The quantitative estimate of drug-likeness (QED) is 0.180. The van der Waals surface area contributed by atoms with E-state index in [1.807, 2.05) is 0 Å². The zero-order valence-corrected chi connectivity index (χ0v) is 14.9. The molecule has 0 radical (unpaired) electrons. The minimum atomic E-state index is -3.60. The van der Waals surface area contributed by atoms with Gasteiger partial charge >= 0.3 is 0 Å². The fraction of sp³-hybridized carbons (Fsp3) is 0.211. The molecule has 1 heterocycles. The SMILES string of the molecule is CC(=O)/C=C/c1ccc(C(F)(F)C(CN/C=N\N)c2ccc(F)cc2F)nc1. The number of benzene rings is 1. The molecule has 0 fully saturated rings. The van der Waals surface area contributed by atoms with E-state index in [4.69, 9.17) is 5.84 Å². The van der Waals surface area contributed by atoms with Crippen LogP contribution in [-0.4, -0.2) is 23.7 Å². The summed E-state index contributed by atoms with van der Waals surface area (Å²) in [6.45, 7) is 0.926. The molecule has 1 unspecified atom stereocenters. The average molecular weight is 394 g/mol. The summed E-state index contributed by atoms with van der Waals surface area (Å²) in [6.07, 6.45) is 4.89. The van der Waals surface area contributed by atoms with Crippen LogP contribution < -0.4 is 11.2 Å². The second-order valence-electron chi connectivity index (χ2n) is 5.95. The van der Waals surface area contributed by atoms with Crippen LogP contribution in [0.1, 0.15) is 29.7 Å².